The third-order valence-corrected chi connectivity index (χ3v) is 3.58. The van der Waals surface area contributed by atoms with Crippen LogP contribution in [-0.4, -0.2) is 33.3 Å². The zero-order valence-electron chi connectivity index (χ0n) is 11.5. The molecule has 1 aliphatic heterocycles. The van der Waals surface area contributed by atoms with Gasteiger partial charge in [-0.05, 0) is 18.6 Å². The van der Waals surface area contributed by atoms with Gasteiger partial charge in [0.2, 0.25) is 0 Å². The molecule has 110 valence electrons. The van der Waals surface area contributed by atoms with Crippen LogP contribution in [0.4, 0.5) is 4.39 Å². The highest BCUT2D eigenvalue weighted by molar-refractivity contribution is 5.94. The molecule has 1 aliphatic rings. The molecule has 0 aromatic carbocycles. The first-order valence-corrected chi connectivity index (χ1v) is 6.66. The van der Waals surface area contributed by atoms with Gasteiger partial charge in [-0.2, -0.15) is 5.10 Å². The van der Waals surface area contributed by atoms with Crippen molar-refractivity contribution in [3.8, 4) is 0 Å². The minimum absolute atomic E-state index is 0.0133. The predicted octanol–water partition coefficient (Wildman–Crippen LogP) is 1.21. The summed E-state index contributed by atoms with van der Waals surface area (Å²) in [6, 6.07) is 3.00. The lowest BCUT2D eigenvalue weighted by molar-refractivity contribution is 0.0790. The number of rotatable bonds is 3. The molecule has 0 aliphatic carbocycles. The highest BCUT2D eigenvalue weighted by atomic mass is 19.1. The second kappa shape index (κ2) is 5.61. The molecule has 3 rings (SSSR count). The van der Waals surface area contributed by atoms with E-state index in [9.17, 15) is 9.18 Å². The van der Waals surface area contributed by atoms with Crippen molar-refractivity contribution in [2.45, 2.75) is 18.6 Å². The van der Waals surface area contributed by atoms with E-state index in [0.717, 1.165) is 11.9 Å². The molecule has 1 amide bonds. The lowest BCUT2D eigenvalue weighted by Crippen LogP contribution is -2.37. The van der Waals surface area contributed by atoms with E-state index in [2.05, 4.69) is 15.4 Å². The van der Waals surface area contributed by atoms with E-state index in [-0.39, 0.29) is 17.7 Å². The second-order valence-electron chi connectivity index (χ2n) is 4.90. The molecule has 21 heavy (non-hydrogen) atoms. The summed E-state index contributed by atoms with van der Waals surface area (Å²) in [4.78, 5) is 15.8. The van der Waals surface area contributed by atoms with Crippen LogP contribution in [0.25, 0.3) is 0 Å². The van der Waals surface area contributed by atoms with Gasteiger partial charge in [0.05, 0.1) is 23.5 Å². The third-order valence-electron chi connectivity index (χ3n) is 3.58. The van der Waals surface area contributed by atoms with E-state index in [0.29, 0.717) is 13.0 Å². The van der Waals surface area contributed by atoms with Crippen LogP contribution in [0.5, 0.6) is 0 Å². The van der Waals surface area contributed by atoms with Crippen molar-refractivity contribution in [2.24, 2.45) is 7.05 Å². The Morgan fingerprint density at radius 3 is 3.05 bits per heavy atom. The fourth-order valence-electron chi connectivity index (χ4n) is 2.50. The Labute approximate surface area is 120 Å². The largest absolute Gasteiger partial charge is 0.370 e. The number of aromatic nitrogens is 3. The molecule has 1 fully saturated rings. The maximum Gasteiger partial charge on any atom is 0.254 e. The van der Waals surface area contributed by atoms with Gasteiger partial charge in [-0.25, -0.2) is 4.39 Å². The van der Waals surface area contributed by atoms with Crippen molar-refractivity contribution in [2.75, 3.05) is 6.61 Å². The van der Waals surface area contributed by atoms with Gasteiger partial charge in [0.1, 0.15) is 6.10 Å². The van der Waals surface area contributed by atoms with Crippen molar-refractivity contribution >= 4 is 5.91 Å². The minimum Gasteiger partial charge on any atom is -0.370 e. The van der Waals surface area contributed by atoms with Crippen LogP contribution >= 0.6 is 0 Å². The number of carbonyl (C=O) groups is 1. The molecule has 2 atom stereocenters. The molecule has 7 heteroatoms. The fraction of sp³-hybridized carbons (Fsp3) is 0.357. The van der Waals surface area contributed by atoms with E-state index in [1.807, 2.05) is 13.1 Å². The molecule has 0 unspecified atom stereocenters. The highest BCUT2D eigenvalue weighted by Crippen LogP contribution is 2.28. The minimum atomic E-state index is -0.633. The number of ether oxygens (including phenoxy) is 1. The first kappa shape index (κ1) is 13.7. The van der Waals surface area contributed by atoms with Crippen molar-refractivity contribution in [1.82, 2.24) is 20.1 Å². The van der Waals surface area contributed by atoms with Crippen LogP contribution in [0.3, 0.4) is 0 Å². The summed E-state index contributed by atoms with van der Waals surface area (Å²) in [5.74, 6) is -1.09. The number of aryl methyl sites for hydroxylation is 1. The van der Waals surface area contributed by atoms with Crippen LogP contribution in [0.2, 0.25) is 0 Å². The molecule has 2 aromatic rings. The van der Waals surface area contributed by atoms with Crippen LogP contribution < -0.4 is 5.32 Å². The normalized spacial score (nSPS) is 21.4. The van der Waals surface area contributed by atoms with E-state index in [4.69, 9.17) is 4.74 Å². The number of carbonyl (C=O) groups excluding carboxylic acids is 1. The zero-order chi connectivity index (χ0) is 14.8. The van der Waals surface area contributed by atoms with Gasteiger partial charge in [-0.3, -0.25) is 14.5 Å². The van der Waals surface area contributed by atoms with Crippen molar-refractivity contribution in [1.29, 1.82) is 0 Å². The van der Waals surface area contributed by atoms with Crippen LogP contribution in [-0.2, 0) is 11.8 Å². The van der Waals surface area contributed by atoms with Crippen LogP contribution in [0, 0.1) is 5.82 Å². The van der Waals surface area contributed by atoms with E-state index < -0.39 is 11.7 Å². The van der Waals surface area contributed by atoms with E-state index >= 15 is 0 Å². The fourth-order valence-corrected chi connectivity index (χ4v) is 2.50. The number of nitrogens with one attached hydrogen (secondary N) is 1. The van der Waals surface area contributed by atoms with Gasteiger partial charge in [0.25, 0.3) is 5.91 Å². The lowest BCUT2D eigenvalue weighted by atomic mass is 10.1. The molecule has 0 radical (unpaired) electrons. The third kappa shape index (κ3) is 2.64. The summed E-state index contributed by atoms with van der Waals surface area (Å²) in [5.41, 5.74) is 0.869. The summed E-state index contributed by atoms with van der Waals surface area (Å²) in [6.45, 7) is 0.541. The number of amides is 1. The van der Waals surface area contributed by atoms with Crippen molar-refractivity contribution < 1.29 is 13.9 Å². The number of pyridine rings is 1. The Bertz CT molecular complexity index is 658. The van der Waals surface area contributed by atoms with Gasteiger partial charge in [0, 0.05) is 26.0 Å². The van der Waals surface area contributed by atoms with Gasteiger partial charge < -0.3 is 10.1 Å². The average molecular weight is 290 g/mol. The Kier molecular flexibility index (Phi) is 3.66. The summed E-state index contributed by atoms with van der Waals surface area (Å²) in [7, 11) is 1.82. The summed E-state index contributed by atoms with van der Waals surface area (Å²) in [5, 5.41) is 6.93. The van der Waals surface area contributed by atoms with Crippen molar-refractivity contribution in [3.05, 3.63) is 47.8 Å². The maximum absolute atomic E-state index is 13.6. The molecular formula is C14H15FN4O2. The first-order valence-electron chi connectivity index (χ1n) is 6.66. The quantitative estimate of drug-likeness (QED) is 0.922. The van der Waals surface area contributed by atoms with Crippen LogP contribution in [0.1, 0.15) is 28.6 Å². The Hall–Kier alpha value is -2.28. The second-order valence-corrected chi connectivity index (χ2v) is 4.90. The average Bonchev–Trinajstić information content (AvgIpc) is 3.07. The van der Waals surface area contributed by atoms with Gasteiger partial charge in [0.15, 0.2) is 5.82 Å². The highest BCUT2D eigenvalue weighted by Gasteiger charge is 2.33. The number of hydrogen-bond donors (Lipinski definition) is 1. The molecule has 2 aromatic heterocycles. The molecule has 1 saturated heterocycles. The van der Waals surface area contributed by atoms with Crippen molar-refractivity contribution in [3.63, 3.8) is 0 Å². The summed E-state index contributed by atoms with van der Waals surface area (Å²) in [6.07, 6.45) is 4.50. The Morgan fingerprint density at radius 2 is 2.33 bits per heavy atom. The number of nitrogens with zero attached hydrogens (tertiary/aromatic N) is 3. The molecule has 6 nitrogen and oxygen atoms in total. The van der Waals surface area contributed by atoms with Gasteiger partial charge >= 0.3 is 0 Å². The SMILES string of the molecule is Cn1nccc1[C@H]1OCC[C@@H]1NC(=O)c1ccncc1F. The van der Waals surface area contributed by atoms with E-state index in [1.165, 1.54) is 12.3 Å². The first-order chi connectivity index (χ1) is 10.2. The van der Waals surface area contributed by atoms with Gasteiger partial charge in [-0.1, -0.05) is 0 Å². The van der Waals surface area contributed by atoms with Crippen LogP contribution in [0.15, 0.2) is 30.7 Å². The van der Waals surface area contributed by atoms with Gasteiger partial charge in [-0.15, -0.1) is 0 Å². The number of hydrogen-bond acceptors (Lipinski definition) is 4. The lowest BCUT2D eigenvalue weighted by Gasteiger charge is -2.20. The molecular weight excluding hydrogens is 275 g/mol. The molecule has 3 heterocycles. The number of halogens is 1. The molecule has 0 bridgehead atoms. The Morgan fingerprint density at radius 1 is 1.48 bits per heavy atom. The Balaban J connectivity index is 1.77. The maximum atomic E-state index is 13.6. The molecule has 0 spiro atoms. The monoisotopic (exact) mass is 290 g/mol. The summed E-state index contributed by atoms with van der Waals surface area (Å²) >= 11 is 0. The summed E-state index contributed by atoms with van der Waals surface area (Å²) < 4.78 is 21.0. The topological polar surface area (TPSA) is 69.0 Å². The molecule has 1 N–H and O–H groups in total. The predicted molar refractivity (Wildman–Crippen MR) is 72.0 cm³/mol. The smallest absolute Gasteiger partial charge is 0.254 e. The zero-order valence-corrected chi connectivity index (χ0v) is 11.5. The van der Waals surface area contributed by atoms with E-state index in [1.54, 1.807) is 10.9 Å². The molecule has 0 saturated carbocycles. The standard InChI is InChI=1S/C14H15FN4O2/c1-19-12(3-6-17-19)13-11(4-7-21-13)18-14(20)9-2-5-16-8-10(9)15/h2-3,5-6,8,11,13H,4,7H2,1H3,(H,18,20)/t11-,13-/m0/s1.